The third-order valence-electron chi connectivity index (χ3n) is 4.03. The SMILES string of the molecule is CN=C(NCCCOCC1CCCO1)NCC(C)Oc1ccccc1Br.I. The largest absolute Gasteiger partial charge is 0.488 e. The van der Waals surface area contributed by atoms with E-state index in [0.29, 0.717) is 19.3 Å². The summed E-state index contributed by atoms with van der Waals surface area (Å²) in [6.07, 6.45) is 3.51. The number of nitrogens with zero attached hydrogens (tertiary/aromatic N) is 1. The molecule has 1 aromatic rings. The fraction of sp³-hybridized carbons (Fsp3) is 0.632. The normalized spacial score (nSPS) is 17.9. The van der Waals surface area contributed by atoms with Gasteiger partial charge in [-0.05, 0) is 54.2 Å². The molecular weight excluding hydrogens is 525 g/mol. The first-order valence-electron chi connectivity index (χ1n) is 9.24. The summed E-state index contributed by atoms with van der Waals surface area (Å²) < 4.78 is 18.1. The molecule has 0 aromatic heterocycles. The van der Waals surface area contributed by atoms with Gasteiger partial charge in [0, 0.05) is 26.8 Å². The van der Waals surface area contributed by atoms with Crippen LogP contribution in [0.25, 0.3) is 0 Å². The molecular formula is C19H31BrIN3O3. The molecule has 6 nitrogen and oxygen atoms in total. The fourth-order valence-corrected chi connectivity index (χ4v) is 3.01. The number of para-hydroxylation sites is 1. The summed E-state index contributed by atoms with van der Waals surface area (Å²) in [6, 6.07) is 7.85. The molecule has 1 aliphatic heterocycles. The van der Waals surface area contributed by atoms with E-state index in [4.69, 9.17) is 14.2 Å². The molecule has 0 spiro atoms. The van der Waals surface area contributed by atoms with Gasteiger partial charge in [-0.3, -0.25) is 4.99 Å². The zero-order valence-electron chi connectivity index (χ0n) is 16.1. The maximum atomic E-state index is 5.92. The van der Waals surface area contributed by atoms with Crippen molar-refractivity contribution in [3.8, 4) is 5.75 Å². The number of rotatable bonds is 10. The van der Waals surface area contributed by atoms with Crippen LogP contribution in [0.4, 0.5) is 0 Å². The van der Waals surface area contributed by atoms with E-state index in [-0.39, 0.29) is 30.1 Å². The lowest BCUT2D eigenvalue weighted by Gasteiger charge is -2.18. The smallest absolute Gasteiger partial charge is 0.191 e. The van der Waals surface area contributed by atoms with Gasteiger partial charge >= 0.3 is 0 Å². The highest BCUT2D eigenvalue weighted by Crippen LogP contribution is 2.24. The van der Waals surface area contributed by atoms with Crippen LogP contribution in [0.1, 0.15) is 26.2 Å². The van der Waals surface area contributed by atoms with Gasteiger partial charge in [-0.1, -0.05) is 12.1 Å². The van der Waals surface area contributed by atoms with Gasteiger partial charge in [-0.2, -0.15) is 0 Å². The Hall–Kier alpha value is -0.580. The minimum absolute atomic E-state index is 0. The van der Waals surface area contributed by atoms with E-state index in [9.17, 15) is 0 Å². The van der Waals surface area contributed by atoms with Gasteiger partial charge in [0.2, 0.25) is 0 Å². The van der Waals surface area contributed by atoms with Crippen LogP contribution in [0, 0.1) is 0 Å². The van der Waals surface area contributed by atoms with Crippen LogP contribution < -0.4 is 15.4 Å². The third-order valence-corrected chi connectivity index (χ3v) is 4.69. The van der Waals surface area contributed by atoms with Crippen LogP contribution in [-0.4, -0.2) is 58.1 Å². The van der Waals surface area contributed by atoms with Gasteiger partial charge in [0.1, 0.15) is 11.9 Å². The Morgan fingerprint density at radius 1 is 1.37 bits per heavy atom. The maximum Gasteiger partial charge on any atom is 0.191 e. The highest BCUT2D eigenvalue weighted by Gasteiger charge is 2.14. The number of ether oxygens (including phenoxy) is 3. The number of nitrogens with one attached hydrogen (secondary N) is 2. The highest BCUT2D eigenvalue weighted by molar-refractivity contribution is 14.0. The van der Waals surface area contributed by atoms with Gasteiger partial charge < -0.3 is 24.8 Å². The maximum absolute atomic E-state index is 5.92. The molecule has 2 N–H and O–H groups in total. The van der Waals surface area contributed by atoms with Crippen molar-refractivity contribution in [2.24, 2.45) is 4.99 Å². The van der Waals surface area contributed by atoms with Gasteiger partial charge in [-0.25, -0.2) is 0 Å². The van der Waals surface area contributed by atoms with Crippen molar-refractivity contribution < 1.29 is 14.2 Å². The monoisotopic (exact) mass is 555 g/mol. The number of guanidine groups is 1. The van der Waals surface area contributed by atoms with E-state index in [2.05, 4.69) is 31.6 Å². The summed E-state index contributed by atoms with van der Waals surface area (Å²) in [4.78, 5) is 4.23. The molecule has 2 rings (SSSR count). The molecule has 1 aliphatic rings. The summed E-state index contributed by atoms with van der Waals surface area (Å²) in [5.74, 6) is 1.61. The zero-order chi connectivity index (χ0) is 18.6. The Morgan fingerprint density at radius 2 is 2.19 bits per heavy atom. The van der Waals surface area contributed by atoms with E-state index in [1.165, 1.54) is 0 Å². The lowest BCUT2D eigenvalue weighted by atomic mass is 10.2. The Balaban J connectivity index is 0.00000364. The molecule has 27 heavy (non-hydrogen) atoms. The lowest BCUT2D eigenvalue weighted by Crippen LogP contribution is -2.42. The molecule has 1 heterocycles. The van der Waals surface area contributed by atoms with Crippen molar-refractivity contribution in [1.82, 2.24) is 10.6 Å². The third kappa shape index (κ3) is 9.96. The van der Waals surface area contributed by atoms with E-state index in [0.717, 1.165) is 55.2 Å². The summed E-state index contributed by atoms with van der Waals surface area (Å²) >= 11 is 3.49. The van der Waals surface area contributed by atoms with Crippen LogP contribution in [-0.2, 0) is 9.47 Å². The van der Waals surface area contributed by atoms with Gasteiger partial charge in [-0.15, -0.1) is 24.0 Å². The molecule has 0 saturated carbocycles. The number of benzene rings is 1. The molecule has 0 bridgehead atoms. The molecule has 8 heteroatoms. The predicted molar refractivity (Wildman–Crippen MR) is 123 cm³/mol. The Morgan fingerprint density at radius 3 is 2.89 bits per heavy atom. The topological polar surface area (TPSA) is 64.1 Å². The molecule has 154 valence electrons. The van der Waals surface area contributed by atoms with Crippen molar-refractivity contribution in [3.05, 3.63) is 28.7 Å². The van der Waals surface area contributed by atoms with Crippen molar-refractivity contribution in [3.63, 3.8) is 0 Å². The van der Waals surface area contributed by atoms with E-state index < -0.39 is 0 Å². The zero-order valence-corrected chi connectivity index (χ0v) is 20.0. The number of hydrogen-bond acceptors (Lipinski definition) is 4. The quantitative estimate of drug-likeness (QED) is 0.200. The van der Waals surface area contributed by atoms with Gasteiger partial charge in [0.05, 0.1) is 23.7 Å². The van der Waals surface area contributed by atoms with Gasteiger partial charge in [0.25, 0.3) is 0 Å². The molecule has 1 saturated heterocycles. The van der Waals surface area contributed by atoms with E-state index >= 15 is 0 Å². The Kier molecular flexibility index (Phi) is 13.1. The van der Waals surface area contributed by atoms with Crippen molar-refractivity contribution in [1.29, 1.82) is 0 Å². The second-order valence-electron chi connectivity index (χ2n) is 6.30. The summed E-state index contributed by atoms with van der Waals surface area (Å²) in [5, 5.41) is 6.57. The number of aliphatic imine (C=N–C) groups is 1. The van der Waals surface area contributed by atoms with E-state index in [1.807, 2.05) is 31.2 Å². The van der Waals surface area contributed by atoms with Crippen LogP contribution >= 0.6 is 39.9 Å². The van der Waals surface area contributed by atoms with Gasteiger partial charge in [0.15, 0.2) is 5.96 Å². The minimum atomic E-state index is 0. The summed E-state index contributed by atoms with van der Waals surface area (Å²) in [5.41, 5.74) is 0. The first-order valence-corrected chi connectivity index (χ1v) is 10.0. The number of hydrogen-bond donors (Lipinski definition) is 2. The fourth-order valence-electron chi connectivity index (χ4n) is 2.63. The predicted octanol–water partition coefficient (Wildman–Crippen LogP) is 3.59. The molecule has 0 radical (unpaired) electrons. The Labute approximate surface area is 188 Å². The molecule has 1 aromatic carbocycles. The van der Waals surface area contributed by atoms with Crippen LogP contribution in [0.2, 0.25) is 0 Å². The van der Waals surface area contributed by atoms with Crippen molar-refractivity contribution in [2.75, 3.05) is 40.0 Å². The average Bonchev–Trinajstić information content (AvgIpc) is 3.16. The van der Waals surface area contributed by atoms with Crippen LogP contribution in [0.3, 0.4) is 0 Å². The molecule has 0 aliphatic carbocycles. The summed E-state index contributed by atoms with van der Waals surface area (Å²) in [6.45, 7) is 5.81. The molecule has 0 amide bonds. The van der Waals surface area contributed by atoms with Crippen molar-refractivity contribution >= 4 is 45.9 Å². The second-order valence-corrected chi connectivity index (χ2v) is 7.16. The average molecular weight is 556 g/mol. The molecule has 2 atom stereocenters. The number of halogens is 2. The van der Waals surface area contributed by atoms with Crippen LogP contribution in [0.5, 0.6) is 5.75 Å². The molecule has 1 fully saturated rings. The summed E-state index contributed by atoms with van der Waals surface area (Å²) in [7, 11) is 1.77. The Bertz CT molecular complexity index is 557. The lowest BCUT2D eigenvalue weighted by molar-refractivity contribution is 0.0168. The second kappa shape index (κ2) is 14.4. The first-order chi connectivity index (χ1) is 12.7. The molecule has 2 unspecified atom stereocenters. The van der Waals surface area contributed by atoms with Crippen LogP contribution in [0.15, 0.2) is 33.7 Å². The van der Waals surface area contributed by atoms with Crippen molar-refractivity contribution in [2.45, 2.75) is 38.4 Å². The first kappa shape index (κ1) is 24.5. The highest BCUT2D eigenvalue weighted by atomic mass is 127. The van der Waals surface area contributed by atoms with E-state index in [1.54, 1.807) is 7.05 Å². The standard InChI is InChI=1S/C19H30BrN3O3.HI/c1-15(26-18-9-4-3-8-17(18)20)13-23-19(21-2)22-10-6-11-24-14-16-7-5-12-25-16;/h3-4,8-9,15-16H,5-7,10-14H2,1-2H3,(H2,21,22,23);1H. The minimum Gasteiger partial charge on any atom is -0.488 e.